The maximum absolute atomic E-state index is 13.2. The van der Waals surface area contributed by atoms with Crippen molar-refractivity contribution in [1.82, 2.24) is 15.1 Å². The van der Waals surface area contributed by atoms with Crippen LogP contribution < -0.4 is 10.1 Å². The minimum absolute atomic E-state index is 0.0511. The summed E-state index contributed by atoms with van der Waals surface area (Å²) in [6, 6.07) is 9.64. The number of ether oxygens (including phenoxy) is 2. The molecule has 0 aromatic heterocycles. The average molecular weight is 468 g/mol. The molecule has 9 nitrogen and oxygen atoms in total. The molecule has 4 amide bonds. The molecule has 176 valence electrons. The first kappa shape index (κ1) is 17.7. The number of hydrogen-bond donors (Lipinski definition) is 1. The van der Waals surface area contributed by atoms with Crippen LogP contribution in [-0.2, 0) is 38.8 Å². The van der Waals surface area contributed by atoms with Crippen molar-refractivity contribution in [1.29, 1.82) is 0 Å². The number of hydrogen-bond acceptors (Lipinski definition) is 6. The third kappa shape index (κ3) is 4.38. The summed E-state index contributed by atoms with van der Waals surface area (Å²) in [7, 11) is 0. The van der Waals surface area contributed by atoms with Gasteiger partial charge in [-0.15, -0.1) is 0 Å². The van der Waals surface area contributed by atoms with Crippen LogP contribution in [0.3, 0.4) is 0 Å². The molecule has 9 heteroatoms. The number of carbonyl (C=O) groups excluding carboxylic acids is 4. The molecular formula is C25H25N3O6. The van der Waals surface area contributed by atoms with E-state index in [2.05, 4.69) is 0 Å². The van der Waals surface area contributed by atoms with Crippen LogP contribution in [0.2, 0.25) is 0 Å². The van der Waals surface area contributed by atoms with E-state index in [1.807, 2.05) is 24.3 Å². The SMILES string of the molecule is [2H]C1C([2H])([2H])C(=O)NC(=O)C1([2H])N1Cc2c(OCc3ccc(CN4CCOCC4=O)cc3)cccc2C1=O. The average Bonchev–Trinajstić information content (AvgIpc) is 3.25. The van der Waals surface area contributed by atoms with Gasteiger partial charge in [-0.1, -0.05) is 30.3 Å². The van der Waals surface area contributed by atoms with Crippen molar-refractivity contribution in [2.75, 3.05) is 19.8 Å². The summed E-state index contributed by atoms with van der Waals surface area (Å²) in [5.74, 6) is -2.95. The Bertz CT molecular complexity index is 1320. The van der Waals surface area contributed by atoms with Gasteiger partial charge in [0.1, 0.15) is 25.0 Å². The maximum Gasteiger partial charge on any atom is 0.255 e. The fourth-order valence-corrected chi connectivity index (χ4v) is 4.08. The monoisotopic (exact) mass is 467 g/mol. The largest absolute Gasteiger partial charge is 0.489 e. The first-order chi connectivity index (χ1) is 18.0. The van der Waals surface area contributed by atoms with Crippen molar-refractivity contribution in [3.63, 3.8) is 0 Å². The lowest BCUT2D eigenvalue weighted by molar-refractivity contribution is -0.143. The van der Waals surface area contributed by atoms with E-state index in [1.54, 1.807) is 22.3 Å². The number of fused-ring (bicyclic) bond motifs is 1. The Morgan fingerprint density at radius 3 is 2.71 bits per heavy atom. The number of nitrogens with one attached hydrogen (secondary N) is 1. The van der Waals surface area contributed by atoms with Gasteiger partial charge in [0.05, 0.1) is 14.5 Å². The summed E-state index contributed by atoms with van der Waals surface area (Å²) in [6.07, 6.45) is -4.99. The van der Waals surface area contributed by atoms with Crippen molar-refractivity contribution in [3.8, 4) is 5.75 Å². The highest BCUT2D eigenvalue weighted by molar-refractivity contribution is 6.05. The number of morpholine rings is 1. The van der Waals surface area contributed by atoms with Gasteiger partial charge in [-0.3, -0.25) is 24.5 Å². The highest BCUT2D eigenvalue weighted by Gasteiger charge is 2.40. The molecule has 0 radical (unpaired) electrons. The Hall–Kier alpha value is -3.72. The lowest BCUT2D eigenvalue weighted by Crippen LogP contribution is -2.52. The molecule has 0 spiro atoms. The maximum atomic E-state index is 13.2. The van der Waals surface area contributed by atoms with Crippen LogP contribution >= 0.6 is 0 Å². The van der Waals surface area contributed by atoms with Gasteiger partial charge >= 0.3 is 0 Å². The molecule has 3 aliphatic heterocycles. The van der Waals surface area contributed by atoms with E-state index >= 15 is 0 Å². The third-order valence-corrected chi connectivity index (χ3v) is 5.89. The Balaban J connectivity index is 1.30. The molecule has 2 aromatic rings. The van der Waals surface area contributed by atoms with E-state index in [1.165, 1.54) is 6.07 Å². The van der Waals surface area contributed by atoms with Gasteiger partial charge in [-0.25, -0.2) is 0 Å². The Kier molecular flexibility index (Phi) is 4.83. The third-order valence-electron chi connectivity index (χ3n) is 5.89. The summed E-state index contributed by atoms with van der Waals surface area (Å²) in [5, 5.41) is 1.80. The molecule has 2 atom stereocenters. The van der Waals surface area contributed by atoms with Crippen LogP contribution in [0.1, 0.15) is 45.3 Å². The minimum atomic E-state index is -2.84. The van der Waals surface area contributed by atoms with E-state index in [9.17, 15) is 19.2 Å². The van der Waals surface area contributed by atoms with Crippen molar-refractivity contribution < 1.29 is 34.1 Å². The van der Waals surface area contributed by atoms with E-state index in [0.717, 1.165) is 16.0 Å². The Morgan fingerprint density at radius 2 is 1.91 bits per heavy atom. The summed E-state index contributed by atoms with van der Waals surface area (Å²) >= 11 is 0. The van der Waals surface area contributed by atoms with Crippen LogP contribution in [0.15, 0.2) is 42.5 Å². The second-order valence-corrected chi connectivity index (χ2v) is 8.10. The van der Waals surface area contributed by atoms with Crippen LogP contribution in [0, 0.1) is 0 Å². The smallest absolute Gasteiger partial charge is 0.255 e. The van der Waals surface area contributed by atoms with Crippen molar-refractivity contribution in [2.45, 2.75) is 38.5 Å². The second kappa shape index (κ2) is 9.26. The molecule has 0 bridgehead atoms. The molecule has 1 N–H and O–H groups in total. The van der Waals surface area contributed by atoms with Crippen LogP contribution in [0.5, 0.6) is 5.75 Å². The molecule has 3 aliphatic rings. The zero-order valence-electron chi connectivity index (χ0n) is 22.2. The molecule has 2 fully saturated rings. The number of benzene rings is 2. The molecule has 0 saturated carbocycles. The molecule has 2 unspecified atom stereocenters. The molecule has 5 rings (SSSR count). The second-order valence-electron chi connectivity index (χ2n) is 8.10. The molecular weight excluding hydrogens is 438 g/mol. The lowest BCUT2D eigenvalue weighted by atomic mass is 10.0. The van der Waals surface area contributed by atoms with Gasteiger partial charge in [-0.2, -0.15) is 0 Å². The van der Waals surface area contributed by atoms with Crippen molar-refractivity contribution in [2.24, 2.45) is 0 Å². The van der Waals surface area contributed by atoms with E-state index < -0.39 is 36.5 Å². The van der Waals surface area contributed by atoms with Gasteiger partial charge < -0.3 is 19.3 Å². The van der Waals surface area contributed by atoms with E-state index in [0.29, 0.717) is 31.0 Å². The first-order valence-corrected chi connectivity index (χ1v) is 10.8. The van der Waals surface area contributed by atoms with Gasteiger partial charge in [-0.05, 0) is 29.7 Å². The number of amides is 4. The van der Waals surface area contributed by atoms with Crippen molar-refractivity contribution >= 4 is 23.6 Å². The highest BCUT2D eigenvalue weighted by Crippen LogP contribution is 2.34. The molecule has 3 heterocycles. The van der Waals surface area contributed by atoms with Crippen molar-refractivity contribution in [3.05, 3.63) is 64.7 Å². The van der Waals surface area contributed by atoms with Crippen LogP contribution in [0.4, 0.5) is 0 Å². The molecule has 2 saturated heterocycles. The normalized spacial score (nSPS) is 27.9. The number of imide groups is 1. The number of carbonyl (C=O) groups is 4. The van der Waals surface area contributed by atoms with Gasteiger partial charge in [0.25, 0.3) is 5.91 Å². The number of rotatable bonds is 6. The highest BCUT2D eigenvalue weighted by atomic mass is 16.5. The Morgan fingerprint density at radius 1 is 1.12 bits per heavy atom. The zero-order chi connectivity index (χ0) is 27.2. The molecule has 0 aliphatic carbocycles. The topological polar surface area (TPSA) is 105 Å². The fourth-order valence-electron chi connectivity index (χ4n) is 4.08. The van der Waals surface area contributed by atoms with Gasteiger partial charge in [0.2, 0.25) is 17.7 Å². The predicted molar refractivity (Wildman–Crippen MR) is 119 cm³/mol. The summed E-state index contributed by atoms with van der Waals surface area (Å²) in [6.45, 7) is 1.53. The Labute approximate surface area is 202 Å². The molecule has 2 aromatic carbocycles. The zero-order valence-corrected chi connectivity index (χ0v) is 18.2. The van der Waals surface area contributed by atoms with E-state index in [-0.39, 0.29) is 31.2 Å². The number of nitrogens with zero attached hydrogens (tertiary/aromatic N) is 2. The van der Waals surface area contributed by atoms with Gasteiger partial charge in [0.15, 0.2) is 0 Å². The van der Waals surface area contributed by atoms with Gasteiger partial charge in [0, 0.05) is 34.7 Å². The minimum Gasteiger partial charge on any atom is -0.489 e. The quantitative estimate of drug-likeness (QED) is 0.644. The fraction of sp³-hybridized carbons (Fsp3) is 0.360. The first-order valence-electron chi connectivity index (χ1n) is 12.9. The standard InChI is InChI=1S/C25H25N3O6/c29-22-9-8-20(24(31)26-22)28-13-19-18(25(28)32)2-1-3-21(19)34-14-17-6-4-16(5-7-17)12-27-10-11-33-15-23(27)30/h1-7,20H,8-15H2,(H,26,29,31)/i8D,9D2,20D. The van der Waals surface area contributed by atoms with Crippen LogP contribution in [-0.4, -0.2) is 59.2 Å². The molecule has 34 heavy (non-hydrogen) atoms. The summed E-state index contributed by atoms with van der Waals surface area (Å²) in [5.41, 5.74) is 2.38. The van der Waals surface area contributed by atoms with Crippen LogP contribution in [0.25, 0.3) is 0 Å². The number of piperidine rings is 1. The van der Waals surface area contributed by atoms with E-state index in [4.69, 9.17) is 15.0 Å². The predicted octanol–water partition coefficient (Wildman–Crippen LogP) is 1.39. The summed E-state index contributed by atoms with van der Waals surface area (Å²) < 4.78 is 43.8. The summed E-state index contributed by atoms with van der Waals surface area (Å²) in [4.78, 5) is 52.2. The lowest BCUT2D eigenvalue weighted by Gasteiger charge is -2.29.